The summed E-state index contributed by atoms with van der Waals surface area (Å²) in [6, 6.07) is 2.09. The van der Waals surface area contributed by atoms with Crippen LogP contribution in [0.4, 0.5) is 0 Å². The number of ether oxygens (including phenoxy) is 1. The van der Waals surface area contributed by atoms with E-state index in [1.54, 1.807) is 0 Å². The molecule has 0 radical (unpaired) electrons. The molecule has 0 saturated carbocycles. The number of hydrogen-bond acceptors (Lipinski definition) is 3. The highest BCUT2D eigenvalue weighted by atomic mass is 79.9. The molecular formula is C12H16BrNO2S. The summed E-state index contributed by atoms with van der Waals surface area (Å²) in [5.74, 6) is 0.464. The minimum Gasteiger partial charge on any atom is -0.381 e. The summed E-state index contributed by atoms with van der Waals surface area (Å²) in [6.45, 7) is 5.61. The Bertz CT molecular complexity index is 393. The first-order chi connectivity index (χ1) is 8.08. The van der Waals surface area contributed by atoms with E-state index in [-0.39, 0.29) is 11.9 Å². The van der Waals surface area contributed by atoms with Crippen molar-refractivity contribution in [2.24, 2.45) is 5.92 Å². The number of nitrogens with one attached hydrogen (secondary N) is 1. The third kappa shape index (κ3) is 3.09. The number of carbonyl (C=O) groups excluding carboxylic acids is 1. The zero-order valence-corrected chi connectivity index (χ0v) is 12.4. The third-order valence-electron chi connectivity index (χ3n) is 3.11. The number of amides is 1. The Morgan fingerprint density at radius 3 is 3.00 bits per heavy atom. The maximum absolute atomic E-state index is 12.0. The van der Waals surface area contributed by atoms with Crippen LogP contribution in [0.15, 0.2) is 9.85 Å². The Balaban J connectivity index is 1.96. The topological polar surface area (TPSA) is 38.3 Å². The fourth-order valence-electron chi connectivity index (χ4n) is 1.91. The first-order valence-corrected chi connectivity index (χ1v) is 7.33. The van der Waals surface area contributed by atoms with Gasteiger partial charge >= 0.3 is 0 Å². The average Bonchev–Trinajstić information content (AvgIpc) is 2.89. The summed E-state index contributed by atoms with van der Waals surface area (Å²) in [5.41, 5.74) is 1.11. The molecule has 2 atom stereocenters. The van der Waals surface area contributed by atoms with Gasteiger partial charge in [0.2, 0.25) is 0 Å². The van der Waals surface area contributed by atoms with Crippen LogP contribution in [0.2, 0.25) is 0 Å². The van der Waals surface area contributed by atoms with Gasteiger partial charge in [0.15, 0.2) is 0 Å². The van der Waals surface area contributed by atoms with Gasteiger partial charge in [-0.15, -0.1) is 11.3 Å². The molecule has 1 aliphatic heterocycles. The summed E-state index contributed by atoms with van der Waals surface area (Å²) in [4.78, 5) is 12.8. The van der Waals surface area contributed by atoms with Crippen LogP contribution in [0.3, 0.4) is 0 Å². The Morgan fingerprint density at radius 1 is 1.71 bits per heavy atom. The van der Waals surface area contributed by atoms with E-state index in [2.05, 4.69) is 21.2 Å². The van der Waals surface area contributed by atoms with E-state index >= 15 is 0 Å². The third-order valence-corrected chi connectivity index (χ3v) is 5.25. The normalized spacial score (nSPS) is 21.5. The lowest BCUT2D eigenvalue weighted by atomic mass is 10.0. The van der Waals surface area contributed by atoms with Crippen molar-refractivity contribution in [2.45, 2.75) is 26.3 Å². The fourth-order valence-corrected chi connectivity index (χ4v) is 3.35. The van der Waals surface area contributed by atoms with Gasteiger partial charge in [0.25, 0.3) is 5.91 Å². The number of carbonyl (C=O) groups is 1. The molecule has 94 valence electrons. The predicted molar refractivity (Wildman–Crippen MR) is 72.6 cm³/mol. The van der Waals surface area contributed by atoms with E-state index in [1.807, 2.05) is 19.9 Å². The predicted octanol–water partition coefficient (Wildman–Crippen LogP) is 2.97. The molecule has 2 rings (SSSR count). The summed E-state index contributed by atoms with van der Waals surface area (Å²) in [5, 5.41) is 3.05. The number of halogens is 1. The van der Waals surface area contributed by atoms with Crippen molar-refractivity contribution in [3.05, 3.63) is 20.3 Å². The fraction of sp³-hybridized carbons (Fsp3) is 0.583. The number of thiophene rings is 1. The zero-order valence-electron chi connectivity index (χ0n) is 9.96. The Kier molecular flexibility index (Phi) is 4.22. The molecular weight excluding hydrogens is 302 g/mol. The van der Waals surface area contributed by atoms with Gasteiger partial charge in [-0.1, -0.05) is 0 Å². The largest absolute Gasteiger partial charge is 0.381 e. The zero-order chi connectivity index (χ0) is 12.4. The molecule has 0 spiro atoms. The van der Waals surface area contributed by atoms with E-state index < -0.39 is 0 Å². The quantitative estimate of drug-likeness (QED) is 0.930. The van der Waals surface area contributed by atoms with Crippen molar-refractivity contribution in [1.29, 1.82) is 0 Å². The summed E-state index contributed by atoms with van der Waals surface area (Å²) in [7, 11) is 0. The molecule has 2 heterocycles. The van der Waals surface area contributed by atoms with Gasteiger partial charge in [-0.05, 0) is 47.8 Å². The summed E-state index contributed by atoms with van der Waals surface area (Å²) >= 11 is 4.92. The first kappa shape index (κ1) is 13.1. The molecule has 1 aromatic heterocycles. The highest BCUT2D eigenvalue weighted by Crippen LogP contribution is 2.27. The lowest BCUT2D eigenvalue weighted by Gasteiger charge is -2.18. The monoisotopic (exact) mass is 317 g/mol. The van der Waals surface area contributed by atoms with Crippen LogP contribution >= 0.6 is 27.3 Å². The Hall–Kier alpha value is -0.390. The van der Waals surface area contributed by atoms with Crippen LogP contribution in [-0.2, 0) is 4.74 Å². The van der Waals surface area contributed by atoms with Crippen LogP contribution in [0, 0.1) is 12.8 Å². The van der Waals surface area contributed by atoms with Crippen LogP contribution < -0.4 is 5.32 Å². The van der Waals surface area contributed by atoms with E-state index in [1.165, 1.54) is 11.3 Å². The van der Waals surface area contributed by atoms with Crippen molar-refractivity contribution in [1.82, 2.24) is 5.32 Å². The lowest BCUT2D eigenvalue weighted by molar-refractivity contribution is 0.0926. The second-order valence-electron chi connectivity index (χ2n) is 4.45. The van der Waals surface area contributed by atoms with Crippen molar-refractivity contribution in [3.63, 3.8) is 0 Å². The van der Waals surface area contributed by atoms with Crippen molar-refractivity contribution >= 4 is 33.2 Å². The van der Waals surface area contributed by atoms with Crippen LogP contribution in [0.25, 0.3) is 0 Å². The second-order valence-corrected chi connectivity index (χ2v) is 6.82. The summed E-state index contributed by atoms with van der Waals surface area (Å²) < 4.78 is 6.36. The highest BCUT2D eigenvalue weighted by Gasteiger charge is 2.24. The minimum absolute atomic E-state index is 0.0169. The average molecular weight is 318 g/mol. The molecule has 2 unspecified atom stereocenters. The van der Waals surface area contributed by atoms with Crippen molar-refractivity contribution in [2.75, 3.05) is 13.2 Å². The van der Waals surface area contributed by atoms with E-state index in [0.717, 1.165) is 33.9 Å². The standard InChI is InChI=1S/C12H16BrNO2S/c1-7-5-10(17-11(7)13)12(15)14-8(2)9-3-4-16-6-9/h5,8-9H,3-4,6H2,1-2H3,(H,14,15). The molecule has 1 aromatic rings. The molecule has 0 bridgehead atoms. The van der Waals surface area contributed by atoms with Gasteiger partial charge in [-0.2, -0.15) is 0 Å². The Morgan fingerprint density at radius 2 is 2.47 bits per heavy atom. The SMILES string of the molecule is Cc1cc(C(=O)NC(C)C2CCOC2)sc1Br. The van der Waals surface area contributed by atoms with E-state index in [0.29, 0.717) is 5.92 Å². The second kappa shape index (κ2) is 5.50. The maximum atomic E-state index is 12.0. The van der Waals surface area contributed by atoms with Gasteiger partial charge < -0.3 is 10.1 Å². The van der Waals surface area contributed by atoms with Crippen molar-refractivity contribution < 1.29 is 9.53 Å². The molecule has 17 heavy (non-hydrogen) atoms. The molecule has 1 amide bonds. The molecule has 0 aliphatic carbocycles. The number of aryl methyl sites for hydroxylation is 1. The smallest absolute Gasteiger partial charge is 0.261 e. The van der Waals surface area contributed by atoms with Crippen LogP contribution in [-0.4, -0.2) is 25.2 Å². The maximum Gasteiger partial charge on any atom is 0.261 e. The van der Waals surface area contributed by atoms with Gasteiger partial charge in [-0.3, -0.25) is 4.79 Å². The molecule has 0 aromatic carbocycles. The van der Waals surface area contributed by atoms with E-state index in [9.17, 15) is 4.79 Å². The van der Waals surface area contributed by atoms with Gasteiger partial charge in [0.05, 0.1) is 15.3 Å². The van der Waals surface area contributed by atoms with Gasteiger partial charge in [0.1, 0.15) is 0 Å². The van der Waals surface area contributed by atoms with E-state index in [4.69, 9.17) is 4.74 Å². The van der Waals surface area contributed by atoms with Gasteiger partial charge in [-0.25, -0.2) is 0 Å². The Labute approximate surface area is 114 Å². The molecule has 5 heteroatoms. The lowest BCUT2D eigenvalue weighted by Crippen LogP contribution is -2.38. The minimum atomic E-state index is 0.0169. The number of rotatable bonds is 3. The number of hydrogen-bond donors (Lipinski definition) is 1. The van der Waals surface area contributed by atoms with Gasteiger partial charge in [0, 0.05) is 18.6 Å². The molecule has 3 nitrogen and oxygen atoms in total. The molecule has 1 saturated heterocycles. The first-order valence-electron chi connectivity index (χ1n) is 5.72. The molecule has 1 N–H and O–H groups in total. The van der Waals surface area contributed by atoms with Crippen LogP contribution in [0.1, 0.15) is 28.6 Å². The summed E-state index contributed by atoms with van der Waals surface area (Å²) in [6.07, 6.45) is 1.04. The highest BCUT2D eigenvalue weighted by molar-refractivity contribution is 9.11. The van der Waals surface area contributed by atoms with Crippen LogP contribution in [0.5, 0.6) is 0 Å². The van der Waals surface area contributed by atoms with Crippen molar-refractivity contribution in [3.8, 4) is 0 Å². The molecule has 1 fully saturated rings. The molecule has 1 aliphatic rings.